The summed E-state index contributed by atoms with van der Waals surface area (Å²) < 4.78 is 0. The van der Waals surface area contributed by atoms with Gasteiger partial charge in [-0.3, -0.25) is 4.99 Å². The van der Waals surface area contributed by atoms with E-state index in [1.54, 1.807) is 0 Å². The minimum atomic E-state index is 0.577. The minimum Gasteiger partial charge on any atom is -0.370 e. The zero-order chi connectivity index (χ0) is 12.5. The van der Waals surface area contributed by atoms with Crippen LogP contribution in [0.3, 0.4) is 0 Å². The molecule has 0 amide bonds. The van der Waals surface area contributed by atoms with Crippen LogP contribution in [0.5, 0.6) is 0 Å². The molecule has 0 atom stereocenters. The van der Waals surface area contributed by atoms with E-state index in [0.717, 1.165) is 32.1 Å². The Kier molecular flexibility index (Phi) is 7.01. The van der Waals surface area contributed by atoms with Crippen molar-refractivity contribution in [2.75, 3.05) is 26.7 Å². The molecule has 0 heterocycles. The van der Waals surface area contributed by atoms with E-state index in [9.17, 15) is 0 Å². The molecule has 0 aromatic carbocycles. The molecule has 0 saturated heterocycles. The summed E-state index contributed by atoms with van der Waals surface area (Å²) in [7, 11) is 2.24. The molecule has 1 fully saturated rings. The second-order valence-corrected chi connectivity index (χ2v) is 4.92. The molecule has 0 radical (unpaired) electrons. The van der Waals surface area contributed by atoms with Gasteiger partial charge in [-0.1, -0.05) is 19.3 Å². The minimum absolute atomic E-state index is 0.577. The highest BCUT2D eigenvalue weighted by Gasteiger charge is 2.16. The fraction of sp³-hybridized carbons (Fsp3) is 0.923. The third-order valence-corrected chi connectivity index (χ3v) is 3.51. The smallest absolute Gasteiger partial charge is 0.188 e. The largest absolute Gasteiger partial charge is 0.370 e. The van der Waals surface area contributed by atoms with E-state index >= 15 is 0 Å². The van der Waals surface area contributed by atoms with Gasteiger partial charge in [0.1, 0.15) is 0 Å². The standard InChI is InChI=1S/C13H28N4/c1-3-15-13(14)16-10-7-11-17(2)12-8-5-4-6-9-12/h12H,3-11H2,1-2H3,(H3,14,15,16). The third kappa shape index (κ3) is 5.91. The topological polar surface area (TPSA) is 53.6 Å². The molecule has 1 aliphatic carbocycles. The molecular weight excluding hydrogens is 212 g/mol. The van der Waals surface area contributed by atoms with Crippen molar-refractivity contribution in [3.05, 3.63) is 0 Å². The van der Waals surface area contributed by atoms with Gasteiger partial charge >= 0.3 is 0 Å². The Hall–Kier alpha value is -0.770. The van der Waals surface area contributed by atoms with Crippen molar-refractivity contribution < 1.29 is 0 Å². The summed E-state index contributed by atoms with van der Waals surface area (Å²) in [5.41, 5.74) is 5.67. The van der Waals surface area contributed by atoms with Crippen LogP contribution < -0.4 is 11.1 Å². The van der Waals surface area contributed by atoms with Gasteiger partial charge in [0.2, 0.25) is 0 Å². The fourth-order valence-electron chi connectivity index (χ4n) is 2.46. The fourth-order valence-corrected chi connectivity index (χ4v) is 2.46. The van der Waals surface area contributed by atoms with Crippen molar-refractivity contribution in [1.82, 2.24) is 10.2 Å². The van der Waals surface area contributed by atoms with Crippen LogP contribution in [0.1, 0.15) is 45.4 Å². The first-order valence-corrected chi connectivity index (χ1v) is 6.98. The lowest BCUT2D eigenvalue weighted by Crippen LogP contribution is -2.34. The first-order valence-electron chi connectivity index (χ1n) is 6.98. The lowest BCUT2D eigenvalue weighted by atomic mass is 9.94. The summed E-state index contributed by atoms with van der Waals surface area (Å²) >= 11 is 0. The highest BCUT2D eigenvalue weighted by Crippen LogP contribution is 2.21. The van der Waals surface area contributed by atoms with Gasteiger partial charge in [0.25, 0.3) is 0 Å². The zero-order valence-electron chi connectivity index (χ0n) is 11.4. The number of nitrogens with two attached hydrogens (primary N) is 1. The Morgan fingerprint density at radius 3 is 2.71 bits per heavy atom. The van der Waals surface area contributed by atoms with E-state index < -0.39 is 0 Å². The number of aliphatic imine (C=N–C) groups is 1. The van der Waals surface area contributed by atoms with Crippen molar-refractivity contribution in [2.24, 2.45) is 10.7 Å². The summed E-state index contributed by atoms with van der Waals surface area (Å²) in [6.07, 6.45) is 8.08. The van der Waals surface area contributed by atoms with Crippen molar-refractivity contribution in [1.29, 1.82) is 0 Å². The molecule has 3 N–H and O–H groups in total. The average Bonchev–Trinajstić information content (AvgIpc) is 2.36. The molecule has 0 aromatic rings. The predicted octanol–water partition coefficient (Wildman–Crippen LogP) is 1.57. The molecule has 0 aliphatic heterocycles. The summed E-state index contributed by atoms with van der Waals surface area (Å²) in [6.45, 7) is 4.83. The summed E-state index contributed by atoms with van der Waals surface area (Å²) in [5, 5.41) is 3.01. The van der Waals surface area contributed by atoms with E-state index in [-0.39, 0.29) is 0 Å². The van der Waals surface area contributed by atoms with Crippen LogP contribution in [-0.4, -0.2) is 43.6 Å². The molecule has 0 aromatic heterocycles. The maximum Gasteiger partial charge on any atom is 0.188 e. The van der Waals surface area contributed by atoms with Gasteiger partial charge in [0.05, 0.1) is 0 Å². The number of nitrogens with zero attached hydrogens (tertiary/aromatic N) is 2. The van der Waals surface area contributed by atoms with E-state index in [1.807, 2.05) is 6.92 Å². The van der Waals surface area contributed by atoms with Crippen LogP contribution in [0.4, 0.5) is 0 Å². The third-order valence-electron chi connectivity index (χ3n) is 3.51. The maximum absolute atomic E-state index is 5.67. The highest BCUT2D eigenvalue weighted by molar-refractivity contribution is 5.77. The average molecular weight is 240 g/mol. The molecule has 4 heteroatoms. The first kappa shape index (κ1) is 14.3. The van der Waals surface area contributed by atoms with Gasteiger partial charge < -0.3 is 16.0 Å². The normalized spacial score (nSPS) is 18.6. The van der Waals surface area contributed by atoms with E-state index in [0.29, 0.717) is 5.96 Å². The lowest BCUT2D eigenvalue weighted by molar-refractivity contribution is 0.191. The highest BCUT2D eigenvalue weighted by atomic mass is 15.1. The van der Waals surface area contributed by atoms with Crippen LogP contribution in [-0.2, 0) is 0 Å². The molecule has 1 aliphatic rings. The van der Waals surface area contributed by atoms with Gasteiger partial charge in [-0.15, -0.1) is 0 Å². The van der Waals surface area contributed by atoms with Gasteiger partial charge in [-0.25, -0.2) is 0 Å². The van der Waals surface area contributed by atoms with Gasteiger partial charge in [-0.2, -0.15) is 0 Å². The van der Waals surface area contributed by atoms with Crippen LogP contribution in [0, 0.1) is 0 Å². The summed E-state index contributed by atoms with van der Waals surface area (Å²) in [5.74, 6) is 0.577. The number of hydrogen-bond acceptors (Lipinski definition) is 2. The number of rotatable bonds is 6. The molecule has 17 heavy (non-hydrogen) atoms. The van der Waals surface area contributed by atoms with Crippen LogP contribution in [0.15, 0.2) is 4.99 Å². The zero-order valence-corrected chi connectivity index (χ0v) is 11.4. The SMILES string of the molecule is CCNC(N)=NCCCN(C)C1CCCCC1. The van der Waals surface area contributed by atoms with E-state index in [4.69, 9.17) is 5.73 Å². The molecule has 100 valence electrons. The Bertz CT molecular complexity index is 221. The second-order valence-electron chi connectivity index (χ2n) is 4.92. The second kappa shape index (κ2) is 8.34. The maximum atomic E-state index is 5.67. The Labute approximate surface area is 106 Å². The number of guanidine groups is 1. The van der Waals surface area contributed by atoms with E-state index in [1.165, 1.54) is 32.1 Å². The predicted molar refractivity (Wildman–Crippen MR) is 74.3 cm³/mol. The van der Waals surface area contributed by atoms with Crippen molar-refractivity contribution in [3.8, 4) is 0 Å². The Morgan fingerprint density at radius 1 is 1.35 bits per heavy atom. The van der Waals surface area contributed by atoms with Crippen LogP contribution in [0.25, 0.3) is 0 Å². The molecule has 0 bridgehead atoms. The number of hydrogen-bond donors (Lipinski definition) is 2. The summed E-state index contributed by atoms with van der Waals surface area (Å²) in [4.78, 5) is 6.79. The van der Waals surface area contributed by atoms with Gasteiger partial charge in [-0.05, 0) is 39.8 Å². The molecule has 4 nitrogen and oxygen atoms in total. The van der Waals surface area contributed by atoms with Crippen molar-refractivity contribution in [2.45, 2.75) is 51.5 Å². The molecule has 0 unspecified atom stereocenters. The lowest BCUT2D eigenvalue weighted by Gasteiger charge is -2.30. The number of nitrogens with one attached hydrogen (secondary N) is 1. The molecule has 0 spiro atoms. The van der Waals surface area contributed by atoms with Gasteiger partial charge in [0.15, 0.2) is 5.96 Å². The monoisotopic (exact) mass is 240 g/mol. The van der Waals surface area contributed by atoms with Crippen molar-refractivity contribution >= 4 is 5.96 Å². The molecular formula is C13H28N4. The Morgan fingerprint density at radius 2 is 2.06 bits per heavy atom. The van der Waals surface area contributed by atoms with E-state index in [2.05, 4.69) is 22.3 Å². The summed E-state index contributed by atoms with van der Waals surface area (Å²) in [6, 6.07) is 0.804. The van der Waals surface area contributed by atoms with Crippen LogP contribution >= 0.6 is 0 Å². The van der Waals surface area contributed by atoms with Gasteiger partial charge in [0, 0.05) is 19.1 Å². The Balaban J connectivity index is 2.10. The quantitative estimate of drug-likeness (QED) is 0.421. The first-order chi connectivity index (χ1) is 8.24. The molecule has 1 rings (SSSR count). The van der Waals surface area contributed by atoms with Crippen LogP contribution in [0.2, 0.25) is 0 Å². The molecule has 1 saturated carbocycles. The van der Waals surface area contributed by atoms with Crippen molar-refractivity contribution in [3.63, 3.8) is 0 Å².